The third-order valence-corrected chi connectivity index (χ3v) is 3.39. The lowest BCUT2D eigenvalue weighted by molar-refractivity contribution is -0.140. The van der Waals surface area contributed by atoms with E-state index in [9.17, 15) is 19.2 Å². The number of carbonyl (C=O) groups excluding carboxylic acids is 4. The molecule has 0 aromatic carbocycles. The van der Waals surface area contributed by atoms with Crippen LogP contribution < -0.4 is 16.4 Å². The van der Waals surface area contributed by atoms with Crippen molar-refractivity contribution in [3.05, 3.63) is 12.2 Å². The summed E-state index contributed by atoms with van der Waals surface area (Å²) in [6.07, 6.45) is 2.09. The van der Waals surface area contributed by atoms with E-state index in [4.69, 9.17) is 15.2 Å². The monoisotopic (exact) mass is 370 g/mol. The van der Waals surface area contributed by atoms with Gasteiger partial charge in [-0.1, -0.05) is 0 Å². The van der Waals surface area contributed by atoms with Gasteiger partial charge in [0.25, 0.3) is 11.8 Å². The molecule has 1 aliphatic heterocycles. The van der Waals surface area contributed by atoms with E-state index in [-0.39, 0.29) is 51.0 Å². The Hall–Kier alpha value is -2.30. The minimum absolute atomic E-state index is 0.0309. The maximum absolute atomic E-state index is 11.7. The molecule has 0 fully saturated rings. The van der Waals surface area contributed by atoms with Crippen molar-refractivity contribution in [1.29, 1.82) is 0 Å². The lowest BCUT2D eigenvalue weighted by atomic mass is 10.3. The maximum Gasteiger partial charge on any atom is 0.253 e. The van der Waals surface area contributed by atoms with Gasteiger partial charge in [-0.25, -0.2) is 0 Å². The Morgan fingerprint density at radius 2 is 1.62 bits per heavy atom. The first-order valence-corrected chi connectivity index (χ1v) is 8.44. The van der Waals surface area contributed by atoms with Crippen LogP contribution in [0.4, 0.5) is 0 Å². The molecule has 4 amide bonds. The standard InChI is InChI=1S/C16H26N4O6/c1-12(25-10-5-14(22)18-7-6-17)26-11-8-19-13(21)4-9-20-15(23)2-3-16(20)24/h2-3,12H,4-11,17H2,1H3,(H,18,22)(H,19,21). The second-order valence-corrected chi connectivity index (χ2v) is 5.46. The number of nitrogens with two attached hydrogens (primary N) is 1. The van der Waals surface area contributed by atoms with Crippen molar-refractivity contribution in [3.63, 3.8) is 0 Å². The third-order valence-electron chi connectivity index (χ3n) is 3.39. The van der Waals surface area contributed by atoms with Crippen molar-refractivity contribution in [2.75, 3.05) is 39.4 Å². The Labute approximate surface area is 152 Å². The molecule has 26 heavy (non-hydrogen) atoms. The Morgan fingerprint density at radius 1 is 1.04 bits per heavy atom. The average Bonchev–Trinajstić information content (AvgIpc) is 2.93. The average molecular weight is 370 g/mol. The quantitative estimate of drug-likeness (QED) is 0.199. The summed E-state index contributed by atoms with van der Waals surface area (Å²) in [5.74, 6) is -1.24. The molecule has 1 unspecified atom stereocenters. The number of amides is 4. The van der Waals surface area contributed by atoms with E-state index in [0.29, 0.717) is 13.1 Å². The molecule has 1 rings (SSSR count). The predicted octanol–water partition coefficient (Wildman–Crippen LogP) is -1.74. The fourth-order valence-corrected chi connectivity index (χ4v) is 2.03. The van der Waals surface area contributed by atoms with Gasteiger partial charge in [-0.05, 0) is 6.92 Å². The molecule has 146 valence electrons. The third kappa shape index (κ3) is 8.70. The molecule has 1 heterocycles. The van der Waals surface area contributed by atoms with Crippen LogP contribution in [0.5, 0.6) is 0 Å². The van der Waals surface area contributed by atoms with Crippen molar-refractivity contribution in [1.82, 2.24) is 15.5 Å². The molecule has 0 bridgehead atoms. The smallest absolute Gasteiger partial charge is 0.253 e. The van der Waals surface area contributed by atoms with Crippen LogP contribution in [0.1, 0.15) is 19.8 Å². The number of carbonyl (C=O) groups is 4. The number of hydrogen-bond acceptors (Lipinski definition) is 7. The molecule has 0 saturated heterocycles. The molecule has 0 aromatic heterocycles. The van der Waals surface area contributed by atoms with Crippen LogP contribution in [-0.4, -0.2) is 74.2 Å². The van der Waals surface area contributed by atoms with Crippen LogP contribution in [-0.2, 0) is 28.7 Å². The van der Waals surface area contributed by atoms with E-state index in [1.807, 2.05) is 0 Å². The fraction of sp³-hybridized carbons (Fsp3) is 0.625. The number of ether oxygens (including phenoxy) is 2. The van der Waals surface area contributed by atoms with Crippen molar-refractivity contribution in [2.24, 2.45) is 5.73 Å². The Balaban J connectivity index is 2.01. The van der Waals surface area contributed by atoms with Crippen LogP contribution >= 0.6 is 0 Å². The molecular formula is C16H26N4O6. The lowest BCUT2D eigenvalue weighted by Gasteiger charge is -2.15. The molecule has 10 heteroatoms. The Kier molecular flexibility index (Phi) is 10.1. The summed E-state index contributed by atoms with van der Waals surface area (Å²) in [6.45, 7) is 3.27. The number of rotatable bonds is 13. The van der Waals surface area contributed by atoms with Crippen LogP contribution in [0.2, 0.25) is 0 Å². The second kappa shape index (κ2) is 12.1. The van der Waals surface area contributed by atoms with Crippen LogP contribution in [0, 0.1) is 0 Å². The van der Waals surface area contributed by atoms with Gasteiger partial charge in [-0.2, -0.15) is 0 Å². The van der Waals surface area contributed by atoms with E-state index in [1.54, 1.807) is 6.92 Å². The highest BCUT2D eigenvalue weighted by atomic mass is 16.7. The van der Waals surface area contributed by atoms with E-state index in [0.717, 1.165) is 4.90 Å². The summed E-state index contributed by atoms with van der Waals surface area (Å²) in [5.41, 5.74) is 5.27. The van der Waals surface area contributed by atoms with Gasteiger partial charge >= 0.3 is 0 Å². The molecule has 4 N–H and O–H groups in total. The van der Waals surface area contributed by atoms with Crippen LogP contribution in [0.3, 0.4) is 0 Å². The molecule has 0 aromatic rings. The number of nitrogens with zero attached hydrogens (tertiary/aromatic N) is 1. The zero-order chi connectivity index (χ0) is 19.4. The van der Waals surface area contributed by atoms with Crippen molar-refractivity contribution in [3.8, 4) is 0 Å². The number of nitrogens with one attached hydrogen (secondary N) is 2. The summed E-state index contributed by atoms with van der Waals surface area (Å²) < 4.78 is 10.7. The SMILES string of the molecule is CC(OCCNC(=O)CCN1C(=O)C=CC1=O)OCCC(=O)NCCN. The van der Waals surface area contributed by atoms with Gasteiger partial charge in [0.1, 0.15) is 0 Å². The highest BCUT2D eigenvalue weighted by molar-refractivity contribution is 6.13. The summed E-state index contributed by atoms with van der Waals surface area (Å²) in [7, 11) is 0. The molecule has 1 aliphatic rings. The largest absolute Gasteiger partial charge is 0.355 e. The summed E-state index contributed by atoms with van der Waals surface area (Å²) in [5, 5.41) is 5.25. The molecule has 0 radical (unpaired) electrons. The normalized spacial score (nSPS) is 14.6. The lowest BCUT2D eigenvalue weighted by Crippen LogP contribution is -2.35. The van der Waals surface area contributed by atoms with Gasteiger partial charge in [0.2, 0.25) is 11.8 Å². The molecule has 0 saturated carbocycles. The van der Waals surface area contributed by atoms with Gasteiger partial charge in [0, 0.05) is 44.8 Å². The van der Waals surface area contributed by atoms with E-state index < -0.39 is 18.1 Å². The predicted molar refractivity (Wildman–Crippen MR) is 91.5 cm³/mol. The van der Waals surface area contributed by atoms with Gasteiger partial charge in [-0.3, -0.25) is 24.1 Å². The van der Waals surface area contributed by atoms with E-state index in [2.05, 4.69) is 10.6 Å². The second-order valence-electron chi connectivity index (χ2n) is 5.46. The van der Waals surface area contributed by atoms with Crippen LogP contribution in [0.25, 0.3) is 0 Å². The molecule has 0 spiro atoms. The maximum atomic E-state index is 11.7. The summed E-state index contributed by atoms with van der Waals surface area (Å²) >= 11 is 0. The zero-order valence-corrected chi connectivity index (χ0v) is 14.9. The van der Waals surface area contributed by atoms with Gasteiger partial charge in [0.05, 0.1) is 19.6 Å². The Morgan fingerprint density at radius 3 is 2.27 bits per heavy atom. The van der Waals surface area contributed by atoms with Crippen molar-refractivity contribution in [2.45, 2.75) is 26.1 Å². The highest BCUT2D eigenvalue weighted by Gasteiger charge is 2.23. The molecule has 10 nitrogen and oxygen atoms in total. The van der Waals surface area contributed by atoms with Crippen LogP contribution in [0.15, 0.2) is 12.2 Å². The zero-order valence-electron chi connectivity index (χ0n) is 14.9. The summed E-state index contributed by atoms with van der Waals surface area (Å²) in [6, 6.07) is 0. The Bertz CT molecular complexity index is 519. The molecule has 0 aliphatic carbocycles. The fourth-order valence-electron chi connectivity index (χ4n) is 2.03. The topological polar surface area (TPSA) is 140 Å². The first-order chi connectivity index (χ1) is 12.4. The first-order valence-electron chi connectivity index (χ1n) is 8.44. The minimum atomic E-state index is -0.514. The summed E-state index contributed by atoms with van der Waals surface area (Å²) in [4.78, 5) is 46.7. The van der Waals surface area contributed by atoms with Crippen molar-refractivity contribution >= 4 is 23.6 Å². The number of imide groups is 1. The van der Waals surface area contributed by atoms with Gasteiger partial charge < -0.3 is 25.8 Å². The first kappa shape index (κ1) is 21.7. The van der Waals surface area contributed by atoms with E-state index >= 15 is 0 Å². The minimum Gasteiger partial charge on any atom is -0.355 e. The van der Waals surface area contributed by atoms with Crippen molar-refractivity contribution < 1.29 is 28.7 Å². The number of hydrogen-bond donors (Lipinski definition) is 3. The molecular weight excluding hydrogens is 344 g/mol. The van der Waals surface area contributed by atoms with Gasteiger partial charge in [0.15, 0.2) is 6.29 Å². The molecule has 1 atom stereocenters. The van der Waals surface area contributed by atoms with Gasteiger partial charge in [-0.15, -0.1) is 0 Å². The van der Waals surface area contributed by atoms with E-state index in [1.165, 1.54) is 12.2 Å². The highest BCUT2D eigenvalue weighted by Crippen LogP contribution is 2.03.